The SMILES string of the molecule is Nc1c(S(=O)(=O)c2cccs2)c2nc3ccccc3nc2n1/N=C\c1cccc(Cl)c1. The second-order valence-electron chi connectivity index (χ2n) is 6.65. The molecule has 2 N–H and O–H groups in total. The summed E-state index contributed by atoms with van der Waals surface area (Å²) in [6.45, 7) is 0. The van der Waals surface area contributed by atoms with Gasteiger partial charge in [0.2, 0.25) is 9.84 Å². The lowest BCUT2D eigenvalue weighted by molar-refractivity contribution is 0.599. The van der Waals surface area contributed by atoms with Gasteiger partial charge in [-0.05, 0) is 41.3 Å². The van der Waals surface area contributed by atoms with Gasteiger partial charge in [-0.3, -0.25) is 0 Å². The third kappa shape index (κ3) is 3.36. The average Bonchev–Trinajstić information content (AvgIpc) is 3.38. The minimum atomic E-state index is -3.92. The van der Waals surface area contributed by atoms with Crippen LogP contribution in [0.4, 0.5) is 5.82 Å². The fourth-order valence-corrected chi connectivity index (χ4v) is 6.02. The van der Waals surface area contributed by atoms with Crippen molar-refractivity contribution in [3.63, 3.8) is 0 Å². The highest BCUT2D eigenvalue weighted by molar-refractivity contribution is 7.93. The van der Waals surface area contributed by atoms with Gasteiger partial charge >= 0.3 is 0 Å². The van der Waals surface area contributed by atoms with E-state index in [4.69, 9.17) is 17.3 Å². The Labute approximate surface area is 186 Å². The molecule has 0 aliphatic heterocycles. The van der Waals surface area contributed by atoms with Crippen LogP contribution in [0, 0.1) is 0 Å². The zero-order chi connectivity index (χ0) is 21.6. The van der Waals surface area contributed by atoms with Gasteiger partial charge in [0.05, 0.1) is 17.2 Å². The van der Waals surface area contributed by atoms with E-state index in [1.165, 1.54) is 10.7 Å². The van der Waals surface area contributed by atoms with Crippen molar-refractivity contribution in [1.82, 2.24) is 14.6 Å². The fourth-order valence-electron chi connectivity index (χ4n) is 3.23. The summed E-state index contributed by atoms with van der Waals surface area (Å²) in [5.74, 6) is -0.0583. The first-order chi connectivity index (χ1) is 14.9. The predicted molar refractivity (Wildman–Crippen MR) is 124 cm³/mol. The molecule has 154 valence electrons. The second-order valence-corrected chi connectivity index (χ2v) is 10.1. The number of hydrogen-bond acceptors (Lipinski definition) is 7. The number of fused-ring (bicyclic) bond motifs is 2. The molecule has 0 atom stereocenters. The number of rotatable bonds is 4. The summed E-state index contributed by atoms with van der Waals surface area (Å²) >= 11 is 7.16. The number of nitrogens with two attached hydrogens (primary N) is 1. The maximum Gasteiger partial charge on any atom is 0.221 e. The molecule has 0 aliphatic rings. The molecule has 0 radical (unpaired) electrons. The Hall–Kier alpha value is -3.27. The number of nitrogens with zero attached hydrogens (tertiary/aromatic N) is 4. The molecule has 2 aromatic carbocycles. The highest BCUT2D eigenvalue weighted by atomic mass is 35.5. The van der Waals surface area contributed by atoms with Crippen LogP contribution in [0.2, 0.25) is 5.02 Å². The van der Waals surface area contributed by atoms with E-state index < -0.39 is 9.84 Å². The smallest absolute Gasteiger partial charge is 0.221 e. The van der Waals surface area contributed by atoms with Crippen molar-refractivity contribution >= 4 is 67.0 Å². The van der Waals surface area contributed by atoms with Crippen molar-refractivity contribution in [2.75, 3.05) is 5.73 Å². The quantitative estimate of drug-likeness (QED) is 0.389. The molecule has 0 aliphatic carbocycles. The number of anilines is 1. The van der Waals surface area contributed by atoms with Gasteiger partial charge in [0, 0.05) is 5.02 Å². The zero-order valence-corrected chi connectivity index (χ0v) is 18.2. The number of nitrogen functional groups attached to an aromatic ring is 1. The zero-order valence-electron chi connectivity index (χ0n) is 15.8. The van der Waals surface area contributed by atoms with Crippen molar-refractivity contribution in [2.24, 2.45) is 5.10 Å². The summed E-state index contributed by atoms with van der Waals surface area (Å²) < 4.78 is 28.2. The molecule has 0 saturated heterocycles. The van der Waals surface area contributed by atoms with E-state index in [-0.39, 0.29) is 26.1 Å². The van der Waals surface area contributed by atoms with Crippen LogP contribution in [0.1, 0.15) is 5.56 Å². The van der Waals surface area contributed by atoms with Crippen LogP contribution in [-0.2, 0) is 9.84 Å². The number of thiophene rings is 1. The molecule has 5 rings (SSSR count). The Balaban J connectivity index is 1.81. The maximum absolute atomic E-state index is 13.4. The van der Waals surface area contributed by atoms with Gasteiger partial charge in [-0.15, -0.1) is 11.3 Å². The van der Waals surface area contributed by atoms with Crippen LogP contribution in [-0.4, -0.2) is 29.3 Å². The lowest BCUT2D eigenvalue weighted by Crippen LogP contribution is -2.05. The summed E-state index contributed by atoms with van der Waals surface area (Å²) in [7, 11) is -3.92. The van der Waals surface area contributed by atoms with E-state index in [0.29, 0.717) is 16.1 Å². The number of hydrogen-bond donors (Lipinski definition) is 1. The molecule has 0 saturated carbocycles. The number of benzene rings is 2. The summed E-state index contributed by atoms with van der Waals surface area (Å²) in [5.41, 5.74) is 8.66. The summed E-state index contributed by atoms with van der Waals surface area (Å²) in [4.78, 5) is 9.07. The molecule has 3 heterocycles. The summed E-state index contributed by atoms with van der Waals surface area (Å²) in [5, 5.41) is 6.66. The first-order valence-electron chi connectivity index (χ1n) is 9.10. The third-order valence-electron chi connectivity index (χ3n) is 4.63. The van der Waals surface area contributed by atoms with E-state index in [1.807, 2.05) is 18.2 Å². The summed E-state index contributed by atoms with van der Waals surface area (Å²) in [6, 6.07) is 17.5. The Morgan fingerprint density at radius 2 is 1.81 bits per heavy atom. The maximum atomic E-state index is 13.4. The second kappa shape index (κ2) is 7.45. The van der Waals surface area contributed by atoms with E-state index in [9.17, 15) is 8.42 Å². The molecule has 5 aromatic rings. The Morgan fingerprint density at radius 1 is 1.03 bits per heavy atom. The van der Waals surface area contributed by atoms with Gasteiger partial charge in [-0.25, -0.2) is 18.4 Å². The molecule has 10 heteroatoms. The van der Waals surface area contributed by atoms with E-state index >= 15 is 0 Å². The molecular formula is C21H14ClN5O2S2. The monoisotopic (exact) mass is 467 g/mol. The topological polar surface area (TPSA) is 103 Å². The molecule has 0 amide bonds. The first kappa shape index (κ1) is 19.7. The Kier molecular flexibility index (Phi) is 4.73. The number of halogens is 1. The first-order valence-corrected chi connectivity index (χ1v) is 11.8. The van der Waals surface area contributed by atoms with Gasteiger partial charge in [0.15, 0.2) is 5.65 Å². The number of aromatic nitrogens is 3. The van der Waals surface area contributed by atoms with Crippen LogP contribution >= 0.6 is 22.9 Å². The van der Waals surface area contributed by atoms with Crippen LogP contribution < -0.4 is 5.73 Å². The minimum Gasteiger partial charge on any atom is -0.382 e. The Morgan fingerprint density at radius 3 is 2.52 bits per heavy atom. The largest absolute Gasteiger partial charge is 0.382 e. The van der Waals surface area contributed by atoms with Gasteiger partial charge in [0.1, 0.15) is 20.4 Å². The molecule has 0 bridgehead atoms. The average molecular weight is 468 g/mol. The van der Waals surface area contributed by atoms with E-state index in [1.54, 1.807) is 48.0 Å². The van der Waals surface area contributed by atoms with Crippen molar-refractivity contribution in [3.05, 3.63) is 76.6 Å². The van der Waals surface area contributed by atoms with Crippen LogP contribution in [0.25, 0.3) is 22.2 Å². The normalized spacial score (nSPS) is 12.3. The van der Waals surface area contributed by atoms with Crippen molar-refractivity contribution in [3.8, 4) is 0 Å². The van der Waals surface area contributed by atoms with Gasteiger partial charge in [-0.1, -0.05) is 41.9 Å². The highest BCUT2D eigenvalue weighted by Crippen LogP contribution is 2.36. The lowest BCUT2D eigenvalue weighted by atomic mass is 10.2. The van der Waals surface area contributed by atoms with E-state index in [0.717, 1.165) is 16.9 Å². The highest BCUT2D eigenvalue weighted by Gasteiger charge is 2.31. The van der Waals surface area contributed by atoms with Crippen molar-refractivity contribution in [2.45, 2.75) is 9.10 Å². The van der Waals surface area contributed by atoms with Gasteiger partial charge in [-0.2, -0.15) is 9.78 Å². The number of para-hydroxylation sites is 2. The molecular weight excluding hydrogens is 454 g/mol. The Bertz CT molecular complexity index is 1570. The molecule has 31 heavy (non-hydrogen) atoms. The van der Waals surface area contributed by atoms with Crippen LogP contribution in [0.15, 0.2) is 80.2 Å². The summed E-state index contributed by atoms with van der Waals surface area (Å²) in [6.07, 6.45) is 1.54. The van der Waals surface area contributed by atoms with Crippen molar-refractivity contribution < 1.29 is 8.42 Å². The van der Waals surface area contributed by atoms with Crippen LogP contribution in [0.3, 0.4) is 0 Å². The number of sulfone groups is 1. The lowest BCUT2D eigenvalue weighted by Gasteiger charge is -2.02. The standard InChI is InChI=1S/C21H14ClN5O2S2/c22-14-6-3-5-13(11-14)12-24-27-20(23)19(31(28,29)17-9-4-10-30-17)18-21(27)26-16-8-2-1-7-15(16)25-18/h1-12H,23H2/b24-12-. The molecule has 7 nitrogen and oxygen atoms in total. The van der Waals surface area contributed by atoms with Gasteiger partial charge in [0.25, 0.3) is 0 Å². The minimum absolute atomic E-state index is 0.0583. The predicted octanol–water partition coefficient (Wildman–Crippen LogP) is 4.60. The van der Waals surface area contributed by atoms with E-state index in [2.05, 4.69) is 15.1 Å². The molecule has 0 unspecified atom stereocenters. The third-order valence-corrected chi connectivity index (χ3v) is 8.08. The molecule has 0 fully saturated rings. The van der Waals surface area contributed by atoms with Crippen LogP contribution in [0.5, 0.6) is 0 Å². The fraction of sp³-hybridized carbons (Fsp3) is 0. The van der Waals surface area contributed by atoms with Gasteiger partial charge < -0.3 is 5.73 Å². The van der Waals surface area contributed by atoms with Crippen molar-refractivity contribution in [1.29, 1.82) is 0 Å². The molecule has 3 aromatic heterocycles. The molecule has 0 spiro atoms.